The van der Waals surface area contributed by atoms with E-state index in [0.717, 1.165) is 35.1 Å². The SMILES string of the molecule is CC1OCCN(Cc2cc(C(F)(F)F)c3cn(-c4cccc([C@H](c5nncn5C)C5CCC5)c4)c(=O)n3c2)[C@@H]1C. The third kappa shape index (κ3) is 4.75. The van der Waals surface area contributed by atoms with Crippen LogP contribution in [-0.2, 0) is 24.5 Å². The van der Waals surface area contributed by atoms with Crippen molar-refractivity contribution in [3.63, 3.8) is 0 Å². The van der Waals surface area contributed by atoms with Gasteiger partial charge in [0.2, 0.25) is 0 Å². The van der Waals surface area contributed by atoms with E-state index in [0.29, 0.717) is 36.9 Å². The molecule has 4 heterocycles. The highest BCUT2D eigenvalue weighted by molar-refractivity contribution is 5.58. The molecular formula is C29H33F3N6O2. The first-order chi connectivity index (χ1) is 19.1. The highest BCUT2D eigenvalue weighted by Crippen LogP contribution is 2.43. The minimum Gasteiger partial charge on any atom is -0.376 e. The molecule has 0 bridgehead atoms. The van der Waals surface area contributed by atoms with Gasteiger partial charge in [-0.15, -0.1) is 10.2 Å². The molecular weight excluding hydrogens is 521 g/mol. The van der Waals surface area contributed by atoms with Crippen molar-refractivity contribution < 1.29 is 17.9 Å². The van der Waals surface area contributed by atoms with Gasteiger partial charge >= 0.3 is 11.9 Å². The van der Waals surface area contributed by atoms with E-state index >= 15 is 0 Å². The molecule has 1 unspecified atom stereocenters. The van der Waals surface area contributed by atoms with Crippen LogP contribution in [0.2, 0.25) is 0 Å². The summed E-state index contributed by atoms with van der Waals surface area (Å²) in [6.07, 6.45) is 3.14. The lowest BCUT2D eigenvalue weighted by molar-refractivity contribution is -0.136. The van der Waals surface area contributed by atoms with Crippen LogP contribution in [0.4, 0.5) is 13.2 Å². The Bertz CT molecular complexity index is 1580. The second kappa shape index (κ2) is 10.2. The maximum atomic E-state index is 14.3. The van der Waals surface area contributed by atoms with E-state index in [1.807, 2.05) is 43.7 Å². The van der Waals surface area contributed by atoms with Gasteiger partial charge in [-0.1, -0.05) is 18.6 Å². The number of imidazole rings is 1. The van der Waals surface area contributed by atoms with Crippen LogP contribution in [-0.4, -0.2) is 53.9 Å². The number of hydrogen-bond acceptors (Lipinski definition) is 5. The average molecular weight is 555 g/mol. The molecule has 1 aliphatic heterocycles. The lowest BCUT2D eigenvalue weighted by Gasteiger charge is -2.37. The van der Waals surface area contributed by atoms with Crippen molar-refractivity contribution in [2.75, 3.05) is 13.2 Å². The van der Waals surface area contributed by atoms with Crippen LogP contribution in [0.15, 0.2) is 53.8 Å². The Morgan fingerprint density at radius 3 is 2.62 bits per heavy atom. The zero-order valence-electron chi connectivity index (χ0n) is 22.8. The molecule has 1 aliphatic carbocycles. The number of rotatable bonds is 6. The van der Waals surface area contributed by atoms with Crippen LogP contribution in [0.1, 0.15) is 61.5 Å². The van der Waals surface area contributed by atoms with E-state index in [9.17, 15) is 18.0 Å². The summed E-state index contributed by atoms with van der Waals surface area (Å²) < 4.78 is 52.9. The number of aromatic nitrogens is 5. The molecule has 1 aromatic carbocycles. The second-order valence-electron chi connectivity index (χ2n) is 11.1. The zero-order valence-corrected chi connectivity index (χ0v) is 22.8. The van der Waals surface area contributed by atoms with Crippen molar-refractivity contribution in [3.05, 3.63) is 82.1 Å². The fourth-order valence-corrected chi connectivity index (χ4v) is 6.04. The van der Waals surface area contributed by atoms with E-state index in [-0.39, 0.29) is 23.6 Å². The van der Waals surface area contributed by atoms with E-state index in [1.165, 1.54) is 23.0 Å². The minimum absolute atomic E-state index is 0.0100. The van der Waals surface area contributed by atoms with Gasteiger partial charge in [-0.05, 0) is 61.9 Å². The molecule has 8 nitrogen and oxygen atoms in total. The molecule has 3 atom stereocenters. The number of fused-ring (bicyclic) bond motifs is 1. The summed E-state index contributed by atoms with van der Waals surface area (Å²) in [7, 11) is 1.91. The van der Waals surface area contributed by atoms with Gasteiger partial charge in [0.15, 0.2) is 0 Å². The highest BCUT2D eigenvalue weighted by Gasteiger charge is 2.36. The fraction of sp³-hybridized carbons (Fsp3) is 0.483. The molecule has 0 radical (unpaired) electrons. The first-order valence-corrected chi connectivity index (χ1v) is 13.8. The molecule has 4 aromatic rings. The Morgan fingerprint density at radius 2 is 1.95 bits per heavy atom. The van der Waals surface area contributed by atoms with E-state index in [1.54, 1.807) is 12.4 Å². The predicted octanol–water partition coefficient (Wildman–Crippen LogP) is 4.78. The van der Waals surface area contributed by atoms with Crippen LogP contribution in [0.25, 0.3) is 11.2 Å². The lowest BCUT2D eigenvalue weighted by Crippen LogP contribution is -2.47. The largest absolute Gasteiger partial charge is 0.418 e. The molecule has 2 fully saturated rings. The van der Waals surface area contributed by atoms with Gasteiger partial charge in [0.05, 0.1) is 29.5 Å². The molecule has 6 rings (SSSR count). The van der Waals surface area contributed by atoms with Gasteiger partial charge in [0.1, 0.15) is 12.2 Å². The lowest BCUT2D eigenvalue weighted by atomic mass is 9.72. The van der Waals surface area contributed by atoms with E-state index in [2.05, 4.69) is 15.1 Å². The van der Waals surface area contributed by atoms with Gasteiger partial charge < -0.3 is 9.30 Å². The molecule has 212 valence electrons. The number of aryl methyl sites for hydroxylation is 1. The van der Waals surface area contributed by atoms with Crippen LogP contribution >= 0.6 is 0 Å². The summed E-state index contributed by atoms with van der Waals surface area (Å²) in [5.41, 5.74) is 0.385. The number of benzene rings is 1. The molecule has 0 N–H and O–H groups in total. The number of nitrogens with zero attached hydrogens (tertiary/aromatic N) is 6. The predicted molar refractivity (Wildman–Crippen MR) is 143 cm³/mol. The first-order valence-electron chi connectivity index (χ1n) is 13.8. The summed E-state index contributed by atoms with van der Waals surface area (Å²) >= 11 is 0. The van der Waals surface area contributed by atoms with Crippen molar-refractivity contribution in [3.8, 4) is 5.69 Å². The van der Waals surface area contributed by atoms with Gasteiger partial charge in [0.25, 0.3) is 0 Å². The Morgan fingerprint density at radius 1 is 1.15 bits per heavy atom. The summed E-state index contributed by atoms with van der Waals surface area (Å²) in [5.74, 6) is 1.23. The number of morpholine rings is 1. The molecule has 1 saturated heterocycles. The van der Waals surface area contributed by atoms with Crippen LogP contribution in [0.3, 0.4) is 0 Å². The summed E-state index contributed by atoms with van der Waals surface area (Å²) in [5, 5.41) is 8.42. The summed E-state index contributed by atoms with van der Waals surface area (Å²) in [4.78, 5) is 15.7. The van der Waals surface area contributed by atoms with Crippen molar-refractivity contribution in [2.45, 2.75) is 63.9 Å². The third-order valence-electron chi connectivity index (χ3n) is 8.68. The number of hydrogen-bond donors (Lipinski definition) is 0. The molecule has 40 heavy (non-hydrogen) atoms. The number of pyridine rings is 1. The van der Waals surface area contributed by atoms with Gasteiger partial charge in [0, 0.05) is 44.5 Å². The van der Waals surface area contributed by atoms with Crippen molar-refractivity contribution in [1.29, 1.82) is 0 Å². The van der Waals surface area contributed by atoms with E-state index in [4.69, 9.17) is 4.74 Å². The monoisotopic (exact) mass is 554 g/mol. The Kier molecular flexibility index (Phi) is 6.82. The minimum atomic E-state index is -4.62. The maximum absolute atomic E-state index is 14.3. The average Bonchev–Trinajstić information content (AvgIpc) is 3.46. The number of ether oxygens (including phenoxy) is 1. The topological polar surface area (TPSA) is 69.6 Å². The van der Waals surface area contributed by atoms with Crippen molar-refractivity contribution in [1.82, 2.24) is 28.6 Å². The van der Waals surface area contributed by atoms with Crippen LogP contribution in [0, 0.1) is 5.92 Å². The maximum Gasteiger partial charge on any atom is 0.418 e. The first kappa shape index (κ1) is 26.8. The normalized spacial score (nSPS) is 21.6. The van der Waals surface area contributed by atoms with Crippen LogP contribution in [0.5, 0.6) is 0 Å². The molecule has 3 aromatic heterocycles. The second-order valence-corrected chi connectivity index (χ2v) is 11.1. The Labute approximate surface area is 230 Å². The standard InChI is InChI=1S/C29H33F3N6O2/c1-18-19(2)40-11-10-36(18)14-20-12-24(29(30,31)32)25-16-37(28(39)38(25)15-20)23-9-5-8-22(13-23)26(21-6-4-7-21)27-34-33-17-35(27)3/h5,8-9,12-13,15-19,21,26H,4,6-7,10-11,14H2,1-3H3/t18-,19?,26-/m1/s1. The quantitative estimate of drug-likeness (QED) is 0.343. The smallest absolute Gasteiger partial charge is 0.376 e. The van der Waals surface area contributed by atoms with Crippen LogP contribution < -0.4 is 5.69 Å². The van der Waals surface area contributed by atoms with Crippen molar-refractivity contribution >= 4 is 5.52 Å². The van der Waals surface area contributed by atoms with Gasteiger partial charge in [-0.2, -0.15) is 13.2 Å². The Hall–Kier alpha value is -3.44. The molecule has 1 saturated carbocycles. The number of alkyl halides is 3. The third-order valence-corrected chi connectivity index (χ3v) is 8.68. The van der Waals surface area contributed by atoms with E-state index < -0.39 is 17.4 Å². The molecule has 2 aliphatic rings. The Balaban J connectivity index is 1.43. The molecule has 11 heteroatoms. The fourth-order valence-electron chi connectivity index (χ4n) is 6.04. The van der Waals surface area contributed by atoms with Gasteiger partial charge in [-0.25, -0.2) is 4.79 Å². The summed E-state index contributed by atoms with van der Waals surface area (Å²) in [6, 6.07) is 8.70. The molecule has 0 amide bonds. The highest BCUT2D eigenvalue weighted by atomic mass is 19.4. The van der Waals surface area contributed by atoms with Gasteiger partial charge in [-0.3, -0.25) is 13.9 Å². The van der Waals surface area contributed by atoms with Crippen molar-refractivity contribution in [2.24, 2.45) is 13.0 Å². The number of halogens is 3. The zero-order chi connectivity index (χ0) is 28.2. The molecule has 0 spiro atoms. The summed E-state index contributed by atoms with van der Waals surface area (Å²) in [6.45, 7) is 5.38.